The zero-order valence-electron chi connectivity index (χ0n) is 11.4. The van der Waals surface area contributed by atoms with E-state index in [9.17, 15) is 0 Å². The average molecular weight is 247 g/mol. The standard InChI is InChI=1S/C15H21NS/c1-6-11-7-14-13(8-12(11)9(2)3)16-15(17-14)10(4)5/h7-10H,6H2,1-5H3. The van der Waals surface area contributed by atoms with Crippen molar-refractivity contribution >= 4 is 21.6 Å². The van der Waals surface area contributed by atoms with Crippen LogP contribution in [0.4, 0.5) is 0 Å². The first-order chi connectivity index (χ1) is 8.02. The molecule has 0 unspecified atom stereocenters. The molecular weight excluding hydrogens is 226 g/mol. The van der Waals surface area contributed by atoms with Crippen LogP contribution in [0.25, 0.3) is 10.2 Å². The van der Waals surface area contributed by atoms with Gasteiger partial charge in [-0.3, -0.25) is 0 Å². The summed E-state index contributed by atoms with van der Waals surface area (Å²) in [6.45, 7) is 11.2. The van der Waals surface area contributed by atoms with Crippen molar-refractivity contribution in [2.75, 3.05) is 0 Å². The summed E-state index contributed by atoms with van der Waals surface area (Å²) in [5, 5.41) is 1.25. The molecule has 0 radical (unpaired) electrons. The van der Waals surface area contributed by atoms with Crippen LogP contribution in [-0.4, -0.2) is 4.98 Å². The molecule has 0 atom stereocenters. The minimum absolute atomic E-state index is 0.528. The van der Waals surface area contributed by atoms with E-state index in [-0.39, 0.29) is 0 Å². The first kappa shape index (κ1) is 12.6. The van der Waals surface area contributed by atoms with Gasteiger partial charge in [-0.05, 0) is 35.6 Å². The summed E-state index contributed by atoms with van der Waals surface area (Å²) in [7, 11) is 0. The van der Waals surface area contributed by atoms with Gasteiger partial charge in [0.25, 0.3) is 0 Å². The van der Waals surface area contributed by atoms with Crippen molar-refractivity contribution in [3.8, 4) is 0 Å². The van der Waals surface area contributed by atoms with E-state index in [2.05, 4.69) is 46.8 Å². The predicted octanol–water partition coefficient (Wildman–Crippen LogP) is 5.11. The third-order valence-electron chi connectivity index (χ3n) is 3.16. The van der Waals surface area contributed by atoms with Crippen LogP contribution in [-0.2, 0) is 6.42 Å². The maximum Gasteiger partial charge on any atom is 0.0963 e. The van der Waals surface area contributed by atoms with Gasteiger partial charge in [0.1, 0.15) is 0 Å². The van der Waals surface area contributed by atoms with Crippen molar-refractivity contribution in [1.29, 1.82) is 0 Å². The molecule has 17 heavy (non-hydrogen) atoms. The van der Waals surface area contributed by atoms with Gasteiger partial charge in [0.15, 0.2) is 0 Å². The molecule has 0 N–H and O–H groups in total. The number of hydrogen-bond donors (Lipinski definition) is 0. The monoisotopic (exact) mass is 247 g/mol. The SMILES string of the molecule is CCc1cc2sc(C(C)C)nc2cc1C(C)C. The molecule has 0 fully saturated rings. The van der Waals surface area contributed by atoms with Gasteiger partial charge >= 0.3 is 0 Å². The highest BCUT2D eigenvalue weighted by Crippen LogP contribution is 2.32. The Labute approximate surface area is 108 Å². The Hall–Kier alpha value is -0.890. The van der Waals surface area contributed by atoms with E-state index in [1.54, 1.807) is 0 Å². The Kier molecular flexibility index (Phi) is 3.53. The second kappa shape index (κ2) is 4.77. The topological polar surface area (TPSA) is 12.9 Å². The molecule has 0 saturated carbocycles. The van der Waals surface area contributed by atoms with E-state index >= 15 is 0 Å². The second-order valence-electron chi connectivity index (χ2n) is 5.23. The van der Waals surface area contributed by atoms with E-state index in [0.29, 0.717) is 11.8 Å². The van der Waals surface area contributed by atoms with Crippen molar-refractivity contribution in [3.05, 3.63) is 28.3 Å². The van der Waals surface area contributed by atoms with Crippen LogP contribution in [0.15, 0.2) is 12.1 Å². The predicted molar refractivity (Wildman–Crippen MR) is 77.2 cm³/mol. The van der Waals surface area contributed by atoms with E-state index in [4.69, 9.17) is 4.98 Å². The van der Waals surface area contributed by atoms with Crippen molar-refractivity contribution in [2.45, 2.75) is 52.9 Å². The summed E-state index contributed by atoms with van der Waals surface area (Å²) in [6.07, 6.45) is 1.11. The number of aryl methyl sites for hydroxylation is 1. The lowest BCUT2D eigenvalue weighted by atomic mass is 9.95. The number of aromatic nitrogens is 1. The van der Waals surface area contributed by atoms with E-state index in [1.807, 2.05) is 11.3 Å². The third-order valence-corrected chi connectivity index (χ3v) is 4.48. The summed E-state index contributed by atoms with van der Waals surface area (Å²) in [4.78, 5) is 4.75. The van der Waals surface area contributed by atoms with Crippen LogP contribution < -0.4 is 0 Å². The number of benzene rings is 1. The maximum atomic E-state index is 4.75. The summed E-state index contributed by atoms with van der Waals surface area (Å²) in [6, 6.07) is 4.63. The normalized spacial score (nSPS) is 11.9. The Bertz CT molecular complexity index is 523. The van der Waals surface area contributed by atoms with Gasteiger partial charge < -0.3 is 0 Å². The maximum absolute atomic E-state index is 4.75. The largest absolute Gasteiger partial charge is 0.241 e. The van der Waals surface area contributed by atoms with Crippen molar-refractivity contribution < 1.29 is 0 Å². The molecule has 1 nitrogen and oxygen atoms in total. The van der Waals surface area contributed by atoms with Gasteiger partial charge in [-0.15, -0.1) is 11.3 Å². The molecule has 1 aromatic carbocycles. The van der Waals surface area contributed by atoms with Gasteiger partial charge in [-0.1, -0.05) is 34.6 Å². The lowest BCUT2D eigenvalue weighted by Gasteiger charge is -2.11. The molecule has 2 heteroatoms. The summed E-state index contributed by atoms with van der Waals surface area (Å²) >= 11 is 1.84. The Balaban J connectivity index is 2.61. The smallest absolute Gasteiger partial charge is 0.0963 e. The van der Waals surface area contributed by atoms with Crippen LogP contribution in [0.3, 0.4) is 0 Å². The highest BCUT2D eigenvalue weighted by molar-refractivity contribution is 7.18. The fraction of sp³-hybridized carbons (Fsp3) is 0.533. The fourth-order valence-electron chi connectivity index (χ4n) is 2.14. The van der Waals surface area contributed by atoms with Crippen LogP contribution in [0.5, 0.6) is 0 Å². The third kappa shape index (κ3) is 2.37. The molecule has 0 saturated heterocycles. The molecule has 0 aliphatic carbocycles. The molecule has 0 aliphatic heterocycles. The molecule has 2 rings (SSSR count). The fourth-order valence-corrected chi connectivity index (χ4v) is 3.16. The van der Waals surface area contributed by atoms with Gasteiger partial charge in [0.05, 0.1) is 15.2 Å². The Morgan fingerprint density at radius 1 is 1.12 bits per heavy atom. The van der Waals surface area contributed by atoms with Crippen molar-refractivity contribution in [3.63, 3.8) is 0 Å². The average Bonchev–Trinajstić information content (AvgIpc) is 2.69. The highest BCUT2D eigenvalue weighted by Gasteiger charge is 2.12. The first-order valence-electron chi connectivity index (χ1n) is 6.46. The molecule has 0 bridgehead atoms. The summed E-state index contributed by atoms with van der Waals surface area (Å²) < 4.78 is 1.34. The quantitative estimate of drug-likeness (QED) is 0.735. The number of thiazole rings is 1. The summed E-state index contributed by atoms with van der Waals surface area (Å²) in [5.74, 6) is 1.11. The molecule has 2 aromatic rings. The van der Waals surface area contributed by atoms with E-state index in [0.717, 1.165) is 6.42 Å². The van der Waals surface area contributed by atoms with Crippen LogP contribution in [0, 0.1) is 0 Å². The summed E-state index contributed by atoms with van der Waals surface area (Å²) in [5.41, 5.74) is 4.12. The molecule has 0 spiro atoms. The minimum Gasteiger partial charge on any atom is -0.241 e. The zero-order valence-corrected chi connectivity index (χ0v) is 12.2. The van der Waals surface area contributed by atoms with Gasteiger partial charge in [0.2, 0.25) is 0 Å². The Morgan fingerprint density at radius 2 is 1.82 bits per heavy atom. The molecule has 0 aliphatic rings. The zero-order chi connectivity index (χ0) is 12.6. The molecule has 92 valence electrons. The number of nitrogens with zero attached hydrogens (tertiary/aromatic N) is 1. The Morgan fingerprint density at radius 3 is 2.35 bits per heavy atom. The minimum atomic E-state index is 0.528. The van der Waals surface area contributed by atoms with Crippen molar-refractivity contribution in [1.82, 2.24) is 4.98 Å². The van der Waals surface area contributed by atoms with Gasteiger partial charge in [0, 0.05) is 5.92 Å². The lowest BCUT2D eigenvalue weighted by molar-refractivity contribution is 0.844. The van der Waals surface area contributed by atoms with Gasteiger partial charge in [-0.25, -0.2) is 4.98 Å². The van der Waals surface area contributed by atoms with Crippen LogP contribution in [0.1, 0.15) is 62.6 Å². The van der Waals surface area contributed by atoms with Gasteiger partial charge in [-0.2, -0.15) is 0 Å². The van der Waals surface area contributed by atoms with Crippen molar-refractivity contribution in [2.24, 2.45) is 0 Å². The second-order valence-corrected chi connectivity index (χ2v) is 6.30. The van der Waals surface area contributed by atoms with Crippen LogP contribution >= 0.6 is 11.3 Å². The van der Waals surface area contributed by atoms with E-state index in [1.165, 1.54) is 26.4 Å². The first-order valence-corrected chi connectivity index (χ1v) is 7.27. The number of fused-ring (bicyclic) bond motifs is 1. The highest BCUT2D eigenvalue weighted by atomic mass is 32.1. The number of hydrogen-bond acceptors (Lipinski definition) is 2. The molecule has 1 aromatic heterocycles. The van der Waals surface area contributed by atoms with E-state index < -0.39 is 0 Å². The molecular formula is C15H21NS. The molecule has 0 amide bonds. The molecule has 1 heterocycles. The lowest BCUT2D eigenvalue weighted by Crippen LogP contribution is -1.94. The number of rotatable bonds is 3. The van der Waals surface area contributed by atoms with Crippen LogP contribution in [0.2, 0.25) is 0 Å².